The summed E-state index contributed by atoms with van der Waals surface area (Å²) in [7, 11) is 0. The van der Waals surface area contributed by atoms with Crippen molar-refractivity contribution in [1.29, 1.82) is 0 Å². The van der Waals surface area contributed by atoms with Crippen LogP contribution in [0, 0.1) is 0 Å². The molecule has 0 unspecified atom stereocenters. The summed E-state index contributed by atoms with van der Waals surface area (Å²) in [5, 5.41) is 8.78. The number of benzene rings is 1. The summed E-state index contributed by atoms with van der Waals surface area (Å²) < 4.78 is 1.12. The first-order chi connectivity index (χ1) is 9.95. The molecule has 2 rings (SSSR count). The molecule has 0 radical (unpaired) electrons. The minimum Gasteiger partial charge on any atom is -0.480 e. The second kappa shape index (κ2) is 6.04. The highest BCUT2D eigenvalue weighted by Gasteiger charge is 2.06. The van der Waals surface area contributed by atoms with Gasteiger partial charge in [0.15, 0.2) is 0 Å². The van der Waals surface area contributed by atoms with E-state index in [2.05, 4.69) is 0 Å². The van der Waals surface area contributed by atoms with Crippen molar-refractivity contribution in [2.45, 2.75) is 13.0 Å². The van der Waals surface area contributed by atoms with E-state index in [4.69, 9.17) is 10.8 Å². The van der Waals surface area contributed by atoms with Gasteiger partial charge in [0.2, 0.25) is 5.91 Å². The van der Waals surface area contributed by atoms with Gasteiger partial charge in [0.05, 0.1) is 6.42 Å². The number of hydrogen-bond donors (Lipinski definition) is 2. The first-order valence-corrected chi connectivity index (χ1v) is 6.25. The van der Waals surface area contributed by atoms with Gasteiger partial charge in [0.1, 0.15) is 6.54 Å². The maximum Gasteiger partial charge on any atom is 0.323 e. The van der Waals surface area contributed by atoms with Crippen molar-refractivity contribution < 1.29 is 14.7 Å². The lowest BCUT2D eigenvalue weighted by atomic mass is 10.0. The normalized spacial score (nSPS) is 10.3. The van der Waals surface area contributed by atoms with Crippen molar-refractivity contribution in [2.75, 3.05) is 0 Å². The second-order valence-electron chi connectivity index (χ2n) is 4.62. The van der Waals surface area contributed by atoms with E-state index in [-0.39, 0.29) is 12.0 Å². The first kappa shape index (κ1) is 14.5. The molecule has 1 amide bonds. The van der Waals surface area contributed by atoms with Gasteiger partial charge in [0, 0.05) is 12.3 Å². The van der Waals surface area contributed by atoms with E-state index in [0.717, 1.165) is 15.7 Å². The third kappa shape index (κ3) is 3.79. The van der Waals surface area contributed by atoms with Crippen LogP contribution in [0.3, 0.4) is 0 Å². The molecule has 1 aromatic heterocycles. The monoisotopic (exact) mass is 286 g/mol. The lowest BCUT2D eigenvalue weighted by Gasteiger charge is -2.07. The largest absolute Gasteiger partial charge is 0.480 e. The summed E-state index contributed by atoms with van der Waals surface area (Å²) in [5.74, 6) is -1.51. The number of rotatable bonds is 5. The summed E-state index contributed by atoms with van der Waals surface area (Å²) in [6.07, 6.45) is 1.61. The molecule has 0 aliphatic carbocycles. The Morgan fingerprint density at radius 3 is 2.57 bits per heavy atom. The van der Waals surface area contributed by atoms with Crippen molar-refractivity contribution in [3.63, 3.8) is 0 Å². The van der Waals surface area contributed by atoms with Crippen LogP contribution in [0.25, 0.3) is 11.1 Å². The van der Waals surface area contributed by atoms with Gasteiger partial charge in [-0.2, -0.15) is 0 Å². The number of nitrogens with two attached hydrogens (primary N) is 1. The number of aliphatic carboxylic acids is 1. The SMILES string of the molecule is NC(=O)Cc1cccc(-c2ccc(=O)n(CC(=O)O)c2)c1. The van der Waals surface area contributed by atoms with E-state index in [1.807, 2.05) is 6.07 Å². The van der Waals surface area contributed by atoms with Gasteiger partial charge in [-0.1, -0.05) is 24.3 Å². The van der Waals surface area contributed by atoms with Crippen LogP contribution >= 0.6 is 0 Å². The van der Waals surface area contributed by atoms with Crippen LogP contribution in [0.15, 0.2) is 47.4 Å². The highest BCUT2D eigenvalue weighted by Crippen LogP contribution is 2.19. The molecule has 3 N–H and O–H groups in total. The third-order valence-corrected chi connectivity index (χ3v) is 2.93. The molecule has 0 saturated heterocycles. The molecule has 6 nitrogen and oxygen atoms in total. The summed E-state index contributed by atoms with van der Waals surface area (Å²) in [6, 6.07) is 10.1. The number of pyridine rings is 1. The Morgan fingerprint density at radius 2 is 1.90 bits per heavy atom. The van der Waals surface area contributed by atoms with E-state index in [0.29, 0.717) is 5.56 Å². The molecular formula is C15H14N2O4. The highest BCUT2D eigenvalue weighted by atomic mass is 16.4. The standard InChI is InChI=1S/C15H14N2O4/c16-13(18)7-10-2-1-3-11(6-10)12-4-5-14(19)17(8-12)9-15(20)21/h1-6,8H,7,9H2,(H2,16,18)(H,20,21). The number of amides is 1. The minimum absolute atomic E-state index is 0.128. The number of nitrogens with zero attached hydrogens (tertiary/aromatic N) is 1. The highest BCUT2D eigenvalue weighted by molar-refractivity contribution is 5.77. The zero-order valence-electron chi connectivity index (χ0n) is 11.2. The van der Waals surface area contributed by atoms with E-state index in [9.17, 15) is 14.4 Å². The third-order valence-electron chi connectivity index (χ3n) is 2.93. The Bertz CT molecular complexity index is 749. The predicted octanol–water partition coefficient (Wildman–Crippen LogP) is 0.628. The molecule has 21 heavy (non-hydrogen) atoms. The van der Waals surface area contributed by atoms with Gasteiger partial charge >= 0.3 is 5.97 Å². The molecule has 0 aliphatic heterocycles. The molecule has 0 bridgehead atoms. The van der Waals surface area contributed by atoms with Crippen molar-refractivity contribution in [3.8, 4) is 11.1 Å². The van der Waals surface area contributed by atoms with Crippen LogP contribution in [0.5, 0.6) is 0 Å². The number of carboxylic acid groups (broad SMARTS) is 1. The zero-order chi connectivity index (χ0) is 15.4. The smallest absolute Gasteiger partial charge is 0.323 e. The van der Waals surface area contributed by atoms with Gasteiger partial charge in [0.25, 0.3) is 5.56 Å². The number of carbonyl (C=O) groups is 2. The van der Waals surface area contributed by atoms with Gasteiger partial charge in [-0.15, -0.1) is 0 Å². The Labute approximate surface area is 120 Å². The molecule has 1 aromatic carbocycles. The van der Waals surface area contributed by atoms with Gasteiger partial charge in [-0.25, -0.2) is 0 Å². The van der Waals surface area contributed by atoms with E-state index in [1.54, 1.807) is 24.3 Å². The zero-order valence-corrected chi connectivity index (χ0v) is 11.2. The molecular weight excluding hydrogens is 272 g/mol. The fourth-order valence-electron chi connectivity index (χ4n) is 2.03. The lowest BCUT2D eigenvalue weighted by molar-refractivity contribution is -0.137. The van der Waals surface area contributed by atoms with Crippen LogP contribution in [-0.2, 0) is 22.6 Å². The van der Waals surface area contributed by atoms with Crippen molar-refractivity contribution >= 4 is 11.9 Å². The van der Waals surface area contributed by atoms with Crippen molar-refractivity contribution in [1.82, 2.24) is 4.57 Å². The van der Waals surface area contributed by atoms with Crippen LogP contribution in [0.1, 0.15) is 5.56 Å². The summed E-state index contributed by atoms with van der Waals surface area (Å²) in [5.41, 5.74) is 7.02. The second-order valence-corrected chi connectivity index (χ2v) is 4.62. The molecule has 0 spiro atoms. The fraction of sp³-hybridized carbons (Fsp3) is 0.133. The Hall–Kier alpha value is -2.89. The lowest BCUT2D eigenvalue weighted by Crippen LogP contribution is -2.22. The molecule has 108 valence electrons. The number of primary amides is 1. The van der Waals surface area contributed by atoms with Crippen LogP contribution < -0.4 is 11.3 Å². The Kier molecular flexibility index (Phi) is 4.18. The summed E-state index contributed by atoms with van der Waals surface area (Å²) in [6.45, 7) is -0.395. The van der Waals surface area contributed by atoms with Crippen LogP contribution in [0.4, 0.5) is 0 Å². The first-order valence-electron chi connectivity index (χ1n) is 6.25. The molecule has 0 fully saturated rings. The predicted molar refractivity (Wildman–Crippen MR) is 76.7 cm³/mol. The van der Waals surface area contributed by atoms with Gasteiger partial charge in [-0.05, 0) is 22.8 Å². The quantitative estimate of drug-likeness (QED) is 0.841. The number of carbonyl (C=O) groups excluding carboxylic acids is 1. The van der Waals surface area contributed by atoms with E-state index < -0.39 is 18.4 Å². The summed E-state index contributed by atoms with van der Waals surface area (Å²) >= 11 is 0. The Morgan fingerprint density at radius 1 is 1.14 bits per heavy atom. The van der Waals surface area contributed by atoms with Gasteiger partial charge in [-0.3, -0.25) is 14.4 Å². The molecule has 2 aromatic rings. The van der Waals surface area contributed by atoms with Crippen LogP contribution in [-0.4, -0.2) is 21.6 Å². The average molecular weight is 286 g/mol. The molecule has 0 saturated carbocycles. The molecule has 1 heterocycles. The van der Waals surface area contributed by atoms with E-state index in [1.165, 1.54) is 12.3 Å². The fourth-order valence-corrected chi connectivity index (χ4v) is 2.03. The maximum atomic E-state index is 11.6. The minimum atomic E-state index is -1.09. The Balaban J connectivity index is 2.40. The number of aromatic nitrogens is 1. The summed E-state index contributed by atoms with van der Waals surface area (Å²) in [4.78, 5) is 33.3. The average Bonchev–Trinajstić information content (AvgIpc) is 2.40. The van der Waals surface area contributed by atoms with E-state index >= 15 is 0 Å². The van der Waals surface area contributed by atoms with Crippen LogP contribution in [0.2, 0.25) is 0 Å². The maximum absolute atomic E-state index is 11.6. The number of carboxylic acids is 1. The van der Waals surface area contributed by atoms with Crippen molar-refractivity contribution in [2.24, 2.45) is 5.73 Å². The molecule has 0 atom stereocenters. The molecule has 6 heteroatoms. The molecule has 0 aliphatic rings. The topological polar surface area (TPSA) is 102 Å². The number of hydrogen-bond acceptors (Lipinski definition) is 3. The van der Waals surface area contributed by atoms with Gasteiger partial charge < -0.3 is 15.4 Å². The van der Waals surface area contributed by atoms with Crippen molar-refractivity contribution in [3.05, 3.63) is 58.5 Å².